The third-order valence-corrected chi connectivity index (χ3v) is 4.95. The van der Waals surface area contributed by atoms with E-state index in [1.165, 1.54) is 21.4 Å². The van der Waals surface area contributed by atoms with Gasteiger partial charge in [0.1, 0.15) is 5.75 Å². The van der Waals surface area contributed by atoms with Gasteiger partial charge in [0, 0.05) is 17.4 Å². The molecule has 3 nitrogen and oxygen atoms in total. The molecule has 138 valence electrons. The average molecular weight is 378 g/mol. The molecule has 0 unspecified atom stereocenters. The fraction of sp³-hybridized carbons (Fsp3) is 0.174. The molecule has 3 rings (SSSR count). The van der Waals surface area contributed by atoms with Crippen molar-refractivity contribution in [2.45, 2.75) is 11.3 Å². The highest BCUT2D eigenvalue weighted by Gasteiger charge is 2.03. The van der Waals surface area contributed by atoms with Crippen LogP contribution >= 0.6 is 11.8 Å². The van der Waals surface area contributed by atoms with E-state index in [1.807, 2.05) is 12.1 Å². The second kappa shape index (κ2) is 9.28. The number of thioether (sulfide) groups is 1. The summed E-state index contributed by atoms with van der Waals surface area (Å²) >= 11 is 1.75. The Kier molecular flexibility index (Phi) is 6.55. The molecule has 3 aromatic rings. The predicted octanol–water partition coefficient (Wildman–Crippen LogP) is 5.73. The molecule has 0 aliphatic rings. The molecule has 0 bridgehead atoms. The Morgan fingerprint density at radius 2 is 1.67 bits per heavy atom. The number of carbonyl (C=O) groups is 1. The lowest BCUT2D eigenvalue weighted by Crippen LogP contribution is -2.06. The Morgan fingerprint density at radius 3 is 2.41 bits per heavy atom. The number of rotatable bonds is 8. The lowest BCUT2D eigenvalue weighted by atomic mass is 10.0. The molecular formula is C23H22O3S. The van der Waals surface area contributed by atoms with E-state index in [4.69, 9.17) is 9.47 Å². The fourth-order valence-electron chi connectivity index (χ4n) is 2.76. The highest BCUT2D eigenvalue weighted by Crippen LogP contribution is 2.28. The molecule has 0 heterocycles. The second-order valence-electron chi connectivity index (χ2n) is 6.03. The van der Waals surface area contributed by atoms with E-state index in [1.54, 1.807) is 11.8 Å². The number of hydrogen-bond acceptors (Lipinski definition) is 4. The lowest BCUT2D eigenvalue weighted by Gasteiger charge is -2.09. The second-order valence-corrected chi connectivity index (χ2v) is 6.91. The van der Waals surface area contributed by atoms with Gasteiger partial charge in [0.25, 0.3) is 0 Å². The van der Waals surface area contributed by atoms with Crippen LogP contribution in [0.3, 0.4) is 0 Å². The van der Waals surface area contributed by atoms with E-state index in [0.29, 0.717) is 19.6 Å². The van der Waals surface area contributed by atoms with E-state index in [-0.39, 0.29) is 0 Å². The van der Waals surface area contributed by atoms with E-state index in [9.17, 15) is 4.79 Å². The minimum atomic E-state index is -0.403. The van der Waals surface area contributed by atoms with Crippen molar-refractivity contribution >= 4 is 28.5 Å². The quantitative estimate of drug-likeness (QED) is 0.217. The van der Waals surface area contributed by atoms with Crippen molar-refractivity contribution < 1.29 is 14.3 Å². The standard InChI is InChI=1S/C23H22O3S/c1-3-23(24)26-14-4-13-25-21-10-7-19-15-18(5-6-20(19)16-21)17-8-11-22(27-2)12-9-17/h3,5-12,15-16H,1,4,13-14H2,2H3. The Morgan fingerprint density at radius 1 is 0.963 bits per heavy atom. The van der Waals surface area contributed by atoms with Crippen LogP contribution < -0.4 is 4.74 Å². The predicted molar refractivity (Wildman–Crippen MR) is 112 cm³/mol. The topological polar surface area (TPSA) is 35.5 Å². The summed E-state index contributed by atoms with van der Waals surface area (Å²) in [4.78, 5) is 12.2. The zero-order valence-electron chi connectivity index (χ0n) is 15.3. The maximum Gasteiger partial charge on any atom is 0.330 e. The Balaban J connectivity index is 1.64. The highest BCUT2D eigenvalue weighted by atomic mass is 32.2. The molecule has 0 N–H and O–H groups in total. The van der Waals surface area contributed by atoms with Gasteiger partial charge in [-0.05, 0) is 58.5 Å². The summed E-state index contributed by atoms with van der Waals surface area (Å²) in [6.07, 6.45) is 3.89. The largest absolute Gasteiger partial charge is 0.493 e. The van der Waals surface area contributed by atoms with Crippen LogP contribution in [0.25, 0.3) is 21.9 Å². The first kappa shape index (κ1) is 19.1. The highest BCUT2D eigenvalue weighted by molar-refractivity contribution is 7.98. The molecule has 4 heteroatoms. The number of fused-ring (bicyclic) bond motifs is 1. The van der Waals surface area contributed by atoms with E-state index < -0.39 is 5.97 Å². The number of carbonyl (C=O) groups excluding carboxylic acids is 1. The first-order chi connectivity index (χ1) is 13.2. The van der Waals surface area contributed by atoms with Gasteiger partial charge in [0.2, 0.25) is 0 Å². The molecule has 0 amide bonds. The van der Waals surface area contributed by atoms with Gasteiger partial charge >= 0.3 is 5.97 Å². The third kappa shape index (κ3) is 5.14. The summed E-state index contributed by atoms with van der Waals surface area (Å²) in [6, 6.07) is 21.1. The van der Waals surface area contributed by atoms with Crippen LogP contribution in [0.2, 0.25) is 0 Å². The van der Waals surface area contributed by atoms with Crippen molar-refractivity contribution in [1.29, 1.82) is 0 Å². The molecule has 27 heavy (non-hydrogen) atoms. The molecular weight excluding hydrogens is 356 g/mol. The average Bonchev–Trinajstić information content (AvgIpc) is 2.73. The summed E-state index contributed by atoms with van der Waals surface area (Å²) in [5.41, 5.74) is 2.41. The van der Waals surface area contributed by atoms with Gasteiger partial charge in [-0.15, -0.1) is 11.8 Å². The summed E-state index contributed by atoms with van der Waals surface area (Å²) in [5, 5.41) is 2.31. The lowest BCUT2D eigenvalue weighted by molar-refractivity contribution is -0.137. The molecule has 0 aliphatic carbocycles. The molecule has 0 radical (unpaired) electrons. The minimum absolute atomic E-state index is 0.330. The van der Waals surface area contributed by atoms with Crippen molar-refractivity contribution in [3.8, 4) is 16.9 Å². The maximum absolute atomic E-state index is 11.0. The third-order valence-electron chi connectivity index (χ3n) is 4.20. The molecule has 0 fully saturated rings. The van der Waals surface area contributed by atoms with Crippen molar-refractivity contribution in [1.82, 2.24) is 0 Å². The molecule has 0 spiro atoms. The number of ether oxygens (including phenoxy) is 2. The first-order valence-corrected chi connectivity index (χ1v) is 10.0. The van der Waals surface area contributed by atoms with Crippen LogP contribution in [0, 0.1) is 0 Å². The van der Waals surface area contributed by atoms with Gasteiger partial charge in [-0.3, -0.25) is 0 Å². The Hall–Kier alpha value is -2.72. The van der Waals surface area contributed by atoms with Gasteiger partial charge in [-0.25, -0.2) is 4.79 Å². The van der Waals surface area contributed by atoms with Crippen LogP contribution in [0.5, 0.6) is 5.75 Å². The normalized spacial score (nSPS) is 10.6. The van der Waals surface area contributed by atoms with Crippen molar-refractivity contribution in [2.24, 2.45) is 0 Å². The van der Waals surface area contributed by atoms with Crippen LogP contribution in [-0.4, -0.2) is 25.4 Å². The smallest absolute Gasteiger partial charge is 0.330 e. The number of hydrogen-bond donors (Lipinski definition) is 0. The van der Waals surface area contributed by atoms with E-state index in [0.717, 1.165) is 17.2 Å². The summed E-state index contributed by atoms with van der Waals surface area (Å²) in [5.74, 6) is 0.411. The van der Waals surface area contributed by atoms with Crippen LogP contribution in [0.1, 0.15) is 6.42 Å². The minimum Gasteiger partial charge on any atom is -0.493 e. The summed E-state index contributed by atoms with van der Waals surface area (Å²) < 4.78 is 10.7. The summed E-state index contributed by atoms with van der Waals surface area (Å²) in [6.45, 7) is 4.19. The molecule has 0 aromatic heterocycles. The SMILES string of the molecule is C=CC(=O)OCCCOc1ccc2cc(-c3ccc(SC)cc3)ccc2c1. The van der Waals surface area contributed by atoms with E-state index >= 15 is 0 Å². The van der Waals surface area contributed by atoms with Crippen molar-refractivity contribution in [3.63, 3.8) is 0 Å². The number of esters is 1. The van der Waals surface area contributed by atoms with Crippen LogP contribution in [0.4, 0.5) is 0 Å². The van der Waals surface area contributed by atoms with Gasteiger partial charge in [0.05, 0.1) is 13.2 Å². The zero-order valence-corrected chi connectivity index (χ0v) is 16.1. The van der Waals surface area contributed by atoms with Crippen molar-refractivity contribution in [2.75, 3.05) is 19.5 Å². The van der Waals surface area contributed by atoms with Gasteiger partial charge < -0.3 is 9.47 Å². The Labute approximate surface area is 164 Å². The van der Waals surface area contributed by atoms with Gasteiger partial charge in [-0.1, -0.05) is 36.9 Å². The fourth-order valence-corrected chi connectivity index (χ4v) is 3.17. The van der Waals surface area contributed by atoms with Gasteiger partial charge in [-0.2, -0.15) is 0 Å². The number of benzene rings is 3. The maximum atomic E-state index is 11.0. The van der Waals surface area contributed by atoms with E-state index in [2.05, 4.69) is 61.4 Å². The molecule has 0 saturated carbocycles. The Bertz CT molecular complexity index is 932. The first-order valence-electron chi connectivity index (χ1n) is 8.80. The van der Waals surface area contributed by atoms with Crippen LogP contribution in [0.15, 0.2) is 78.2 Å². The molecule has 3 aromatic carbocycles. The molecule has 0 saturated heterocycles. The monoisotopic (exact) mass is 378 g/mol. The zero-order chi connectivity index (χ0) is 19.1. The molecule has 0 aliphatic heterocycles. The van der Waals surface area contributed by atoms with Gasteiger partial charge in [0.15, 0.2) is 0 Å². The van der Waals surface area contributed by atoms with Crippen molar-refractivity contribution in [3.05, 3.63) is 73.3 Å². The summed E-state index contributed by atoms with van der Waals surface area (Å²) in [7, 11) is 0. The van der Waals surface area contributed by atoms with Crippen LogP contribution in [-0.2, 0) is 9.53 Å². The molecule has 0 atom stereocenters.